The molecule has 0 spiro atoms. The molecule has 0 fully saturated rings. The van der Waals surface area contributed by atoms with Crippen LogP contribution in [0.4, 0.5) is 0 Å². The molecule has 96 valence electrons. The van der Waals surface area contributed by atoms with Crippen molar-refractivity contribution in [3.05, 3.63) is 36.4 Å². The number of carbonyl (C=O) groups is 1. The average molecular weight is 246 g/mol. The molecule has 0 N–H and O–H groups in total. The molecule has 0 amide bonds. The van der Waals surface area contributed by atoms with Crippen molar-refractivity contribution < 1.29 is 9.53 Å². The normalized spacial score (nSPS) is 10.7. The Balaban J connectivity index is 1.80. The lowest BCUT2D eigenvalue weighted by Gasteiger charge is -2.05. The van der Waals surface area contributed by atoms with Gasteiger partial charge < -0.3 is 9.14 Å². The van der Waals surface area contributed by atoms with Gasteiger partial charge in [-0.3, -0.25) is 4.79 Å². The lowest BCUT2D eigenvalue weighted by atomic mass is 10.1. The molecular formula is C14H18N2O2. The molecular weight excluding hydrogens is 228 g/mol. The third-order valence-electron chi connectivity index (χ3n) is 3.07. The average Bonchev–Trinajstić information content (AvgIpc) is 2.87. The van der Waals surface area contributed by atoms with Crippen LogP contribution in [0.3, 0.4) is 0 Å². The Kier molecular flexibility index (Phi) is 4.34. The van der Waals surface area contributed by atoms with Crippen LogP contribution >= 0.6 is 0 Å². The molecule has 0 unspecified atom stereocenters. The highest BCUT2D eigenvalue weighted by Gasteiger charge is 2.02. The minimum atomic E-state index is -0.119. The number of aromatic nitrogens is 2. The van der Waals surface area contributed by atoms with E-state index in [1.54, 1.807) is 0 Å². The number of methoxy groups -OCH3 is 1. The first kappa shape index (κ1) is 12.6. The van der Waals surface area contributed by atoms with E-state index in [0.29, 0.717) is 6.42 Å². The highest BCUT2D eigenvalue weighted by atomic mass is 16.5. The van der Waals surface area contributed by atoms with E-state index in [-0.39, 0.29) is 5.97 Å². The van der Waals surface area contributed by atoms with Gasteiger partial charge in [0.25, 0.3) is 0 Å². The third-order valence-corrected chi connectivity index (χ3v) is 3.07. The van der Waals surface area contributed by atoms with Gasteiger partial charge in [0.15, 0.2) is 0 Å². The van der Waals surface area contributed by atoms with Crippen LogP contribution in [0.15, 0.2) is 30.7 Å². The van der Waals surface area contributed by atoms with Crippen LogP contribution in [0.5, 0.6) is 0 Å². The molecule has 2 heterocycles. The van der Waals surface area contributed by atoms with E-state index in [1.807, 2.05) is 18.6 Å². The maximum absolute atomic E-state index is 11.0. The molecule has 4 heteroatoms. The van der Waals surface area contributed by atoms with Crippen LogP contribution in [0, 0.1) is 0 Å². The van der Waals surface area contributed by atoms with Gasteiger partial charge in [-0.25, -0.2) is 4.98 Å². The smallest absolute Gasteiger partial charge is 0.305 e. The van der Waals surface area contributed by atoms with Crippen molar-refractivity contribution in [2.75, 3.05) is 7.11 Å². The second-order valence-electron chi connectivity index (χ2n) is 4.34. The van der Waals surface area contributed by atoms with Crippen molar-refractivity contribution in [1.29, 1.82) is 0 Å². The van der Waals surface area contributed by atoms with E-state index in [9.17, 15) is 4.79 Å². The Morgan fingerprint density at radius 2 is 2.22 bits per heavy atom. The van der Waals surface area contributed by atoms with Gasteiger partial charge in [0.05, 0.1) is 25.2 Å². The van der Waals surface area contributed by atoms with Crippen molar-refractivity contribution in [2.24, 2.45) is 0 Å². The number of imidazole rings is 1. The molecule has 0 atom stereocenters. The molecule has 0 aromatic carbocycles. The van der Waals surface area contributed by atoms with Gasteiger partial charge in [0.2, 0.25) is 0 Å². The van der Waals surface area contributed by atoms with E-state index < -0.39 is 0 Å². The Hall–Kier alpha value is -1.84. The largest absolute Gasteiger partial charge is 0.469 e. The summed E-state index contributed by atoms with van der Waals surface area (Å²) in [4.78, 5) is 15.1. The number of pyridine rings is 1. The Labute approximate surface area is 107 Å². The van der Waals surface area contributed by atoms with Crippen LogP contribution in [-0.2, 0) is 16.0 Å². The van der Waals surface area contributed by atoms with Crippen molar-refractivity contribution in [2.45, 2.75) is 32.1 Å². The molecule has 2 rings (SSSR count). The number of nitrogens with zero attached hydrogens (tertiary/aromatic N) is 2. The van der Waals surface area contributed by atoms with Crippen LogP contribution in [0.25, 0.3) is 5.52 Å². The second-order valence-corrected chi connectivity index (χ2v) is 4.34. The number of unbranched alkanes of at least 4 members (excludes halogenated alkanes) is 2. The fourth-order valence-corrected chi connectivity index (χ4v) is 2.06. The first-order valence-corrected chi connectivity index (χ1v) is 6.28. The maximum Gasteiger partial charge on any atom is 0.305 e. The summed E-state index contributed by atoms with van der Waals surface area (Å²) in [5.41, 5.74) is 2.39. The summed E-state index contributed by atoms with van der Waals surface area (Å²) in [6.45, 7) is 0. The van der Waals surface area contributed by atoms with Gasteiger partial charge in [-0.2, -0.15) is 0 Å². The molecule has 2 aromatic rings. The number of esters is 1. The molecule has 0 saturated heterocycles. The predicted molar refractivity (Wildman–Crippen MR) is 69.4 cm³/mol. The number of fused-ring (bicyclic) bond motifs is 1. The summed E-state index contributed by atoms with van der Waals surface area (Å²) in [6.07, 6.45) is 8.25. The summed E-state index contributed by atoms with van der Waals surface area (Å²) in [5.74, 6) is -0.119. The molecule has 0 saturated carbocycles. The fourth-order valence-electron chi connectivity index (χ4n) is 2.06. The topological polar surface area (TPSA) is 43.6 Å². The van der Waals surface area contributed by atoms with Crippen LogP contribution < -0.4 is 0 Å². The second kappa shape index (κ2) is 6.19. The van der Waals surface area contributed by atoms with Crippen LogP contribution in [0.2, 0.25) is 0 Å². The molecule has 0 bridgehead atoms. The summed E-state index contributed by atoms with van der Waals surface area (Å²) in [6, 6.07) is 6.23. The summed E-state index contributed by atoms with van der Waals surface area (Å²) in [7, 11) is 1.43. The minimum Gasteiger partial charge on any atom is -0.469 e. The highest BCUT2D eigenvalue weighted by molar-refractivity contribution is 5.68. The van der Waals surface area contributed by atoms with E-state index in [4.69, 9.17) is 0 Å². The Bertz CT molecular complexity index is 519. The van der Waals surface area contributed by atoms with Gasteiger partial charge in [-0.1, -0.05) is 12.5 Å². The number of aryl methyl sites for hydroxylation is 1. The van der Waals surface area contributed by atoms with Crippen molar-refractivity contribution in [1.82, 2.24) is 9.38 Å². The number of ether oxygens (including phenoxy) is 1. The Morgan fingerprint density at radius 1 is 1.33 bits per heavy atom. The van der Waals surface area contributed by atoms with Gasteiger partial charge in [0, 0.05) is 12.1 Å². The summed E-state index contributed by atoms with van der Waals surface area (Å²) >= 11 is 0. The molecule has 4 nitrogen and oxygen atoms in total. The number of rotatable bonds is 6. The zero-order valence-electron chi connectivity index (χ0n) is 10.6. The number of carbonyl (C=O) groups excluding carboxylic acids is 1. The molecule has 2 aromatic heterocycles. The van der Waals surface area contributed by atoms with Crippen molar-refractivity contribution in [3.8, 4) is 0 Å². The lowest BCUT2D eigenvalue weighted by Crippen LogP contribution is -2.00. The van der Waals surface area contributed by atoms with Gasteiger partial charge in [-0.15, -0.1) is 0 Å². The van der Waals surface area contributed by atoms with Crippen molar-refractivity contribution >= 4 is 11.5 Å². The summed E-state index contributed by atoms with van der Waals surface area (Å²) < 4.78 is 6.72. The molecule has 0 aliphatic rings. The van der Waals surface area contributed by atoms with E-state index >= 15 is 0 Å². The van der Waals surface area contributed by atoms with Crippen LogP contribution in [0.1, 0.15) is 31.4 Å². The first-order valence-electron chi connectivity index (χ1n) is 6.28. The third kappa shape index (κ3) is 3.09. The zero-order chi connectivity index (χ0) is 12.8. The first-order chi connectivity index (χ1) is 8.81. The van der Waals surface area contributed by atoms with Crippen LogP contribution in [-0.4, -0.2) is 22.5 Å². The quantitative estimate of drug-likeness (QED) is 0.581. The minimum absolute atomic E-state index is 0.119. The van der Waals surface area contributed by atoms with Gasteiger partial charge in [0.1, 0.15) is 0 Å². The monoisotopic (exact) mass is 246 g/mol. The van der Waals surface area contributed by atoms with Crippen molar-refractivity contribution in [3.63, 3.8) is 0 Å². The van der Waals surface area contributed by atoms with E-state index in [2.05, 4.69) is 26.3 Å². The fraction of sp³-hybridized carbons (Fsp3) is 0.429. The van der Waals surface area contributed by atoms with Gasteiger partial charge >= 0.3 is 5.97 Å². The molecule has 0 radical (unpaired) electrons. The standard InChI is InChI=1S/C14H18N2O2/c1-18-14(17)9-4-2-3-6-12-7-5-8-13-10-15-11-16(12)13/h5,7-8,10-11H,2-4,6,9H2,1H3. The van der Waals surface area contributed by atoms with E-state index in [0.717, 1.165) is 31.2 Å². The summed E-state index contributed by atoms with van der Waals surface area (Å²) in [5, 5.41) is 0. The number of hydrogen-bond donors (Lipinski definition) is 0. The number of hydrogen-bond acceptors (Lipinski definition) is 3. The molecule has 0 aliphatic carbocycles. The van der Waals surface area contributed by atoms with Gasteiger partial charge in [-0.05, 0) is 31.4 Å². The lowest BCUT2D eigenvalue weighted by molar-refractivity contribution is -0.140. The van der Waals surface area contributed by atoms with E-state index in [1.165, 1.54) is 12.8 Å². The molecule has 18 heavy (non-hydrogen) atoms. The Morgan fingerprint density at radius 3 is 3.06 bits per heavy atom. The molecule has 0 aliphatic heterocycles. The highest BCUT2D eigenvalue weighted by Crippen LogP contribution is 2.11. The zero-order valence-corrected chi connectivity index (χ0v) is 10.6. The maximum atomic E-state index is 11.0. The predicted octanol–water partition coefficient (Wildman–Crippen LogP) is 2.61. The SMILES string of the molecule is COC(=O)CCCCCc1cccc2cncn12.